The summed E-state index contributed by atoms with van der Waals surface area (Å²) < 4.78 is 0. The standard InChI is InChI=1S/C20H31N3O/c1-16(14-17-8-5-4-6-9-17)15-21-12-7-10-18-11-13-22-19(18)20(24)23(2)3/h4-6,8-9,14,18-19,21-22H,7,10-13,15H2,1-3H3/t18-,19?/m0/s1. The minimum absolute atomic E-state index is 0.0136. The summed E-state index contributed by atoms with van der Waals surface area (Å²) in [4.78, 5) is 13.8. The van der Waals surface area contributed by atoms with Gasteiger partial charge < -0.3 is 15.5 Å². The first-order valence-corrected chi connectivity index (χ1v) is 8.95. The third-order valence-electron chi connectivity index (χ3n) is 4.60. The Labute approximate surface area is 146 Å². The number of carbonyl (C=O) groups is 1. The molecule has 1 unspecified atom stereocenters. The maximum absolute atomic E-state index is 12.1. The summed E-state index contributed by atoms with van der Waals surface area (Å²) >= 11 is 0. The van der Waals surface area contributed by atoms with Crippen LogP contribution in [0, 0.1) is 5.92 Å². The number of hydrogen-bond acceptors (Lipinski definition) is 3. The highest BCUT2D eigenvalue weighted by Crippen LogP contribution is 2.22. The molecular formula is C20H31N3O. The van der Waals surface area contributed by atoms with Crippen molar-refractivity contribution in [1.82, 2.24) is 15.5 Å². The summed E-state index contributed by atoms with van der Waals surface area (Å²) in [6, 6.07) is 10.4. The third-order valence-corrected chi connectivity index (χ3v) is 4.60. The Morgan fingerprint density at radius 2 is 2.08 bits per heavy atom. The third kappa shape index (κ3) is 5.77. The van der Waals surface area contributed by atoms with Crippen molar-refractivity contribution in [3.05, 3.63) is 41.5 Å². The number of likely N-dealkylation sites (N-methyl/N-ethyl adjacent to an activating group) is 1. The van der Waals surface area contributed by atoms with Gasteiger partial charge in [-0.25, -0.2) is 0 Å². The van der Waals surface area contributed by atoms with E-state index in [0.29, 0.717) is 5.92 Å². The number of nitrogens with zero attached hydrogens (tertiary/aromatic N) is 1. The maximum atomic E-state index is 12.1. The molecular weight excluding hydrogens is 298 g/mol. The molecule has 4 nitrogen and oxygen atoms in total. The van der Waals surface area contributed by atoms with Gasteiger partial charge in [0, 0.05) is 20.6 Å². The smallest absolute Gasteiger partial charge is 0.239 e. The van der Waals surface area contributed by atoms with Crippen LogP contribution < -0.4 is 10.6 Å². The molecule has 24 heavy (non-hydrogen) atoms. The molecule has 2 N–H and O–H groups in total. The van der Waals surface area contributed by atoms with Crippen molar-refractivity contribution >= 4 is 12.0 Å². The van der Waals surface area contributed by atoms with Gasteiger partial charge >= 0.3 is 0 Å². The van der Waals surface area contributed by atoms with Crippen LogP contribution in [0.2, 0.25) is 0 Å². The molecule has 1 aromatic rings. The highest BCUT2D eigenvalue weighted by atomic mass is 16.2. The number of nitrogens with one attached hydrogen (secondary N) is 2. The number of rotatable bonds is 8. The summed E-state index contributed by atoms with van der Waals surface area (Å²) in [5.74, 6) is 0.690. The largest absolute Gasteiger partial charge is 0.347 e. The predicted molar refractivity (Wildman–Crippen MR) is 101 cm³/mol. The highest BCUT2D eigenvalue weighted by molar-refractivity contribution is 5.82. The molecule has 0 aromatic heterocycles. The minimum atomic E-state index is 0.0136. The second-order valence-electron chi connectivity index (χ2n) is 6.93. The Morgan fingerprint density at radius 1 is 1.33 bits per heavy atom. The lowest BCUT2D eigenvalue weighted by Crippen LogP contribution is -2.43. The molecule has 1 aliphatic heterocycles. The van der Waals surface area contributed by atoms with Crippen LogP contribution in [-0.4, -0.2) is 50.6 Å². The summed E-state index contributed by atoms with van der Waals surface area (Å²) in [7, 11) is 3.67. The zero-order chi connectivity index (χ0) is 17.4. The van der Waals surface area contributed by atoms with E-state index in [1.165, 1.54) is 11.1 Å². The van der Waals surface area contributed by atoms with E-state index in [2.05, 4.69) is 47.9 Å². The molecule has 0 bridgehead atoms. The first kappa shape index (κ1) is 18.7. The van der Waals surface area contributed by atoms with Crippen molar-refractivity contribution in [2.24, 2.45) is 5.92 Å². The lowest BCUT2D eigenvalue weighted by Gasteiger charge is -2.22. The number of hydrogen-bond donors (Lipinski definition) is 2. The van der Waals surface area contributed by atoms with Gasteiger partial charge in [0.15, 0.2) is 0 Å². The Kier molecular flexibility index (Phi) is 7.47. The molecule has 0 spiro atoms. The highest BCUT2D eigenvalue weighted by Gasteiger charge is 2.32. The molecule has 0 radical (unpaired) electrons. The number of amides is 1. The van der Waals surface area contributed by atoms with Crippen molar-refractivity contribution < 1.29 is 4.79 Å². The lowest BCUT2D eigenvalue weighted by molar-refractivity contribution is -0.131. The minimum Gasteiger partial charge on any atom is -0.347 e. The quantitative estimate of drug-likeness (QED) is 0.720. The van der Waals surface area contributed by atoms with Crippen molar-refractivity contribution in [3.63, 3.8) is 0 Å². The average molecular weight is 329 g/mol. The molecule has 1 saturated heterocycles. The van der Waals surface area contributed by atoms with Gasteiger partial charge in [0.2, 0.25) is 5.91 Å². The lowest BCUT2D eigenvalue weighted by atomic mass is 9.94. The van der Waals surface area contributed by atoms with E-state index in [-0.39, 0.29) is 11.9 Å². The van der Waals surface area contributed by atoms with Crippen LogP contribution in [0.3, 0.4) is 0 Å². The van der Waals surface area contributed by atoms with Gasteiger partial charge in [-0.2, -0.15) is 0 Å². The van der Waals surface area contributed by atoms with E-state index in [0.717, 1.165) is 38.9 Å². The van der Waals surface area contributed by atoms with Crippen molar-refractivity contribution in [3.8, 4) is 0 Å². The van der Waals surface area contributed by atoms with Crippen LogP contribution in [0.15, 0.2) is 35.9 Å². The first-order chi connectivity index (χ1) is 11.6. The Bertz CT molecular complexity index is 539. The SMILES string of the molecule is CC(=Cc1ccccc1)CNCCC[C@H]1CCNC1C(=O)N(C)C. The molecule has 0 saturated carbocycles. The molecule has 2 atom stereocenters. The topological polar surface area (TPSA) is 44.4 Å². The predicted octanol–water partition coefficient (Wildman–Crippen LogP) is 2.53. The molecule has 1 heterocycles. The van der Waals surface area contributed by atoms with Crippen LogP contribution in [0.5, 0.6) is 0 Å². The average Bonchev–Trinajstić information content (AvgIpc) is 3.03. The van der Waals surface area contributed by atoms with Crippen molar-refractivity contribution in [2.75, 3.05) is 33.7 Å². The van der Waals surface area contributed by atoms with Gasteiger partial charge in [0.1, 0.15) is 0 Å². The van der Waals surface area contributed by atoms with E-state index in [9.17, 15) is 4.79 Å². The molecule has 1 aromatic carbocycles. The Balaban J connectivity index is 1.66. The van der Waals surface area contributed by atoms with E-state index in [4.69, 9.17) is 0 Å². The maximum Gasteiger partial charge on any atom is 0.239 e. The van der Waals surface area contributed by atoms with Crippen LogP contribution in [0.1, 0.15) is 31.7 Å². The number of benzene rings is 1. The second-order valence-corrected chi connectivity index (χ2v) is 6.93. The van der Waals surface area contributed by atoms with Gasteiger partial charge in [-0.1, -0.05) is 42.0 Å². The molecule has 2 rings (SSSR count). The van der Waals surface area contributed by atoms with Crippen LogP contribution >= 0.6 is 0 Å². The van der Waals surface area contributed by atoms with Crippen molar-refractivity contribution in [2.45, 2.75) is 32.2 Å². The monoisotopic (exact) mass is 329 g/mol. The first-order valence-electron chi connectivity index (χ1n) is 8.95. The molecule has 1 fully saturated rings. The normalized spacial score (nSPS) is 21.0. The fourth-order valence-corrected chi connectivity index (χ4v) is 3.30. The fraction of sp³-hybridized carbons (Fsp3) is 0.550. The summed E-state index contributed by atoms with van der Waals surface area (Å²) in [6.07, 6.45) is 5.55. The van der Waals surface area contributed by atoms with Gasteiger partial charge in [-0.15, -0.1) is 0 Å². The van der Waals surface area contributed by atoms with Gasteiger partial charge in [-0.3, -0.25) is 4.79 Å². The molecule has 4 heteroatoms. The van der Waals surface area contributed by atoms with Crippen LogP contribution in [-0.2, 0) is 4.79 Å². The van der Waals surface area contributed by atoms with Crippen LogP contribution in [0.4, 0.5) is 0 Å². The number of carbonyl (C=O) groups excluding carboxylic acids is 1. The fourth-order valence-electron chi connectivity index (χ4n) is 3.30. The Hall–Kier alpha value is -1.65. The summed E-state index contributed by atoms with van der Waals surface area (Å²) in [5, 5.41) is 6.87. The van der Waals surface area contributed by atoms with E-state index < -0.39 is 0 Å². The summed E-state index contributed by atoms with van der Waals surface area (Å²) in [6.45, 7) is 5.03. The van der Waals surface area contributed by atoms with Gasteiger partial charge in [0.25, 0.3) is 0 Å². The summed E-state index contributed by atoms with van der Waals surface area (Å²) in [5.41, 5.74) is 2.59. The Morgan fingerprint density at radius 3 is 2.79 bits per heavy atom. The van der Waals surface area contributed by atoms with Gasteiger partial charge in [0.05, 0.1) is 6.04 Å². The zero-order valence-corrected chi connectivity index (χ0v) is 15.2. The zero-order valence-electron chi connectivity index (χ0n) is 15.2. The van der Waals surface area contributed by atoms with E-state index in [1.807, 2.05) is 20.2 Å². The van der Waals surface area contributed by atoms with Crippen molar-refractivity contribution in [1.29, 1.82) is 0 Å². The second kappa shape index (κ2) is 9.60. The van der Waals surface area contributed by atoms with E-state index >= 15 is 0 Å². The van der Waals surface area contributed by atoms with Crippen LogP contribution in [0.25, 0.3) is 6.08 Å². The van der Waals surface area contributed by atoms with E-state index in [1.54, 1.807) is 4.90 Å². The molecule has 132 valence electrons. The van der Waals surface area contributed by atoms with Gasteiger partial charge in [-0.05, 0) is 50.8 Å². The molecule has 1 amide bonds. The molecule has 0 aliphatic carbocycles. The molecule has 1 aliphatic rings.